The lowest BCUT2D eigenvalue weighted by atomic mass is 9.93. The number of carbonyl (C=O) groups is 2. The zero-order chi connectivity index (χ0) is 46.2. The predicted molar refractivity (Wildman–Crippen MR) is 283 cm³/mol. The van der Waals surface area contributed by atoms with Crippen LogP contribution in [0.15, 0.2) is 0 Å². The molecule has 380 valence electrons. The van der Waals surface area contributed by atoms with E-state index in [4.69, 9.17) is 0 Å². The van der Waals surface area contributed by atoms with E-state index in [1.807, 2.05) is 0 Å². The summed E-state index contributed by atoms with van der Waals surface area (Å²) >= 11 is 0. The van der Waals surface area contributed by atoms with Crippen molar-refractivity contribution < 1.29 is 9.59 Å². The van der Waals surface area contributed by atoms with E-state index in [2.05, 4.69) is 47.3 Å². The normalized spacial score (nSPS) is 13.6. The lowest BCUT2D eigenvalue weighted by Crippen LogP contribution is -2.46. The lowest BCUT2D eigenvalue weighted by molar-refractivity contribution is -0.134. The highest BCUT2D eigenvalue weighted by atomic mass is 16.2. The Morgan fingerprint density at radius 3 is 1.05 bits per heavy atom. The number of carbonyl (C=O) groups excluding carboxylic acids is 2. The molecule has 1 aliphatic rings. The first kappa shape index (κ1) is 61.0. The van der Waals surface area contributed by atoms with Crippen molar-refractivity contribution in [1.29, 1.82) is 0 Å². The summed E-state index contributed by atoms with van der Waals surface area (Å²) in [5.41, 5.74) is 0. The van der Waals surface area contributed by atoms with Crippen LogP contribution >= 0.6 is 0 Å². The molecule has 0 radical (unpaired) electrons. The Labute approximate surface area is 402 Å². The van der Waals surface area contributed by atoms with Gasteiger partial charge >= 0.3 is 0 Å². The van der Waals surface area contributed by atoms with Gasteiger partial charge in [-0.1, -0.05) is 220 Å². The maximum Gasteiger partial charge on any atom is 0.236 e. The number of likely N-dealkylation sites (tertiary alicyclic amines) is 1. The minimum absolute atomic E-state index is 0.385. The van der Waals surface area contributed by atoms with Crippen molar-refractivity contribution >= 4 is 12.2 Å². The highest BCUT2D eigenvalue weighted by Gasteiger charge is 2.25. The number of nitrogens with zero attached hydrogens (tertiary/aromatic N) is 4. The molecular weight excluding hydrogens is 785 g/mol. The van der Waals surface area contributed by atoms with E-state index in [9.17, 15) is 9.59 Å². The molecule has 0 saturated carbocycles. The summed E-state index contributed by atoms with van der Waals surface area (Å²) in [5.74, 6) is 1.12. The molecule has 1 rings (SSSR count). The lowest BCUT2D eigenvalue weighted by Gasteiger charge is -2.35. The molecule has 0 unspecified atom stereocenters. The molecule has 0 bridgehead atoms. The van der Waals surface area contributed by atoms with Crippen LogP contribution in [0.25, 0.3) is 0 Å². The zero-order valence-corrected chi connectivity index (χ0v) is 44.3. The van der Waals surface area contributed by atoms with Crippen molar-refractivity contribution in [2.24, 2.45) is 5.92 Å². The van der Waals surface area contributed by atoms with Crippen LogP contribution < -0.4 is 0 Å². The summed E-state index contributed by atoms with van der Waals surface area (Å²) in [7, 11) is 0. The Kier molecular flexibility index (Phi) is 46.2. The van der Waals surface area contributed by atoms with Gasteiger partial charge in [-0.2, -0.15) is 0 Å². The molecule has 64 heavy (non-hydrogen) atoms. The first-order chi connectivity index (χ1) is 31.6. The minimum Gasteiger partial charge on any atom is -0.342 e. The van der Waals surface area contributed by atoms with Gasteiger partial charge in [0.2, 0.25) is 5.91 Å². The molecular formula is C58H116N4O2. The standard InChI is InChI=1S/C58H116N4O2/c1-5-9-13-17-21-22-23-24-25-29-32-36-45-59(46-39-34-35-41-55-63)50-42-57-43-51-62(52-44-57)58(64)56-61(49-40-33-28-20-16-12-8-4)54-53-60(47-37-30-26-18-14-10-6-2)48-38-31-27-19-15-11-7-3/h55,57H,5-54,56H2,1-4H3. The highest BCUT2D eigenvalue weighted by Crippen LogP contribution is 2.22. The third kappa shape index (κ3) is 39.1. The minimum atomic E-state index is 0.385. The summed E-state index contributed by atoms with van der Waals surface area (Å²) < 4.78 is 0. The molecule has 0 aromatic heterocycles. The summed E-state index contributed by atoms with van der Waals surface area (Å²) in [5, 5.41) is 0. The molecule has 1 heterocycles. The number of hydrogen-bond donors (Lipinski definition) is 0. The highest BCUT2D eigenvalue weighted by molar-refractivity contribution is 5.78. The van der Waals surface area contributed by atoms with E-state index >= 15 is 0 Å². The van der Waals surface area contributed by atoms with Crippen LogP contribution in [0.3, 0.4) is 0 Å². The van der Waals surface area contributed by atoms with Crippen LogP contribution in [0.1, 0.15) is 285 Å². The molecule has 0 N–H and O–H groups in total. The van der Waals surface area contributed by atoms with Gasteiger partial charge in [0.15, 0.2) is 0 Å². The Morgan fingerprint density at radius 2 is 0.688 bits per heavy atom. The van der Waals surface area contributed by atoms with Gasteiger partial charge in [-0.25, -0.2) is 0 Å². The Balaban J connectivity index is 2.66. The summed E-state index contributed by atoms with van der Waals surface area (Å²) in [6.45, 7) is 21.0. The topological polar surface area (TPSA) is 47.1 Å². The third-order valence-electron chi connectivity index (χ3n) is 14.8. The molecule has 0 aromatic rings. The zero-order valence-electron chi connectivity index (χ0n) is 44.3. The summed E-state index contributed by atoms with van der Waals surface area (Å²) in [4.78, 5) is 35.2. The van der Waals surface area contributed by atoms with Gasteiger partial charge in [0.1, 0.15) is 6.29 Å². The van der Waals surface area contributed by atoms with Crippen LogP contribution in [-0.4, -0.2) is 104 Å². The monoisotopic (exact) mass is 901 g/mol. The van der Waals surface area contributed by atoms with E-state index in [1.165, 1.54) is 277 Å². The maximum absolute atomic E-state index is 14.0. The number of amides is 1. The van der Waals surface area contributed by atoms with Crippen molar-refractivity contribution in [3.8, 4) is 0 Å². The molecule has 1 aliphatic heterocycles. The maximum atomic E-state index is 14.0. The van der Waals surface area contributed by atoms with Crippen molar-refractivity contribution in [3.63, 3.8) is 0 Å². The van der Waals surface area contributed by atoms with Crippen LogP contribution in [0, 0.1) is 5.92 Å². The summed E-state index contributed by atoms with van der Waals surface area (Å²) in [6.07, 6.45) is 54.1. The number of piperidine rings is 1. The van der Waals surface area contributed by atoms with E-state index in [0.29, 0.717) is 18.9 Å². The predicted octanol–water partition coefficient (Wildman–Crippen LogP) is 16.2. The molecule has 1 amide bonds. The van der Waals surface area contributed by atoms with Gasteiger partial charge in [0, 0.05) is 32.6 Å². The fourth-order valence-electron chi connectivity index (χ4n) is 10.1. The number of unbranched alkanes of at least 4 members (excludes halogenated alkanes) is 32. The number of hydrogen-bond acceptors (Lipinski definition) is 5. The Hall–Kier alpha value is -0.980. The molecule has 1 saturated heterocycles. The SMILES string of the molecule is CCCCCCCCCCCCCCN(CCCCCC=O)CCC1CCN(C(=O)CN(CCCCCCCCC)CCN(CCCCCCCCC)CCCCCCCCC)CC1. The largest absolute Gasteiger partial charge is 0.342 e. The van der Waals surface area contributed by atoms with Gasteiger partial charge in [-0.05, 0) is 103 Å². The van der Waals surface area contributed by atoms with Gasteiger partial charge in [0.05, 0.1) is 6.54 Å². The molecule has 6 heteroatoms. The second-order valence-electron chi connectivity index (χ2n) is 20.8. The van der Waals surface area contributed by atoms with Crippen molar-refractivity contribution in [1.82, 2.24) is 19.6 Å². The Bertz CT molecular complexity index is 937. The Morgan fingerprint density at radius 1 is 0.391 bits per heavy atom. The van der Waals surface area contributed by atoms with Crippen LogP contribution in [0.2, 0.25) is 0 Å². The molecule has 6 nitrogen and oxygen atoms in total. The van der Waals surface area contributed by atoms with Crippen molar-refractivity contribution in [3.05, 3.63) is 0 Å². The third-order valence-corrected chi connectivity index (χ3v) is 14.8. The van der Waals surface area contributed by atoms with Crippen molar-refractivity contribution in [2.45, 2.75) is 285 Å². The fourth-order valence-corrected chi connectivity index (χ4v) is 10.1. The molecule has 0 aliphatic carbocycles. The quantitative estimate of drug-likeness (QED) is 0.0450. The van der Waals surface area contributed by atoms with E-state index in [1.54, 1.807) is 0 Å². The van der Waals surface area contributed by atoms with Crippen LogP contribution in [0.5, 0.6) is 0 Å². The first-order valence-corrected chi connectivity index (χ1v) is 29.5. The summed E-state index contributed by atoms with van der Waals surface area (Å²) in [6, 6.07) is 0. The van der Waals surface area contributed by atoms with E-state index in [0.717, 1.165) is 51.3 Å². The van der Waals surface area contributed by atoms with Gasteiger partial charge in [-0.15, -0.1) is 0 Å². The second kappa shape index (κ2) is 48.5. The molecule has 0 spiro atoms. The molecule has 0 aromatic carbocycles. The molecule has 1 fully saturated rings. The smallest absolute Gasteiger partial charge is 0.236 e. The van der Waals surface area contributed by atoms with E-state index < -0.39 is 0 Å². The van der Waals surface area contributed by atoms with Crippen molar-refractivity contribution in [2.75, 3.05) is 72.0 Å². The number of aldehydes is 1. The van der Waals surface area contributed by atoms with Crippen LogP contribution in [0.4, 0.5) is 0 Å². The van der Waals surface area contributed by atoms with E-state index in [-0.39, 0.29) is 0 Å². The number of rotatable bonds is 51. The first-order valence-electron chi connectivity index (χ1n) is 29.5. The van der Waals surface area contributed by atoms with Gasteiger partial charge in [0.25, 0.3) is 0 Å². The van der Waals surface area contributed by atoms with Crippen LogP contribution in [-0.2, 0) is 9.59 Å². The molecule has 0 atom stereocenters. The van der Waals surface area contributed by atoms with Gasteiger partial charge in [-0.3, -0.25) is 9.69 Å². The second-order valence-corrected chi connectivity index (χ2v) is 20.8. The average molecular weight is 902 g/mol. The van der Waals surface area contributed by atoms with Gasteiger partial charge < -0.3 is 19.5 Å². The average Bonchev–Trinajstić information content (AvgIpc) is 3.31. The fraction of sp³-hybridized carbons (Fsp3) is 0.966.